The van der Waals surface area contributed by atoms with Gasteiger partial charge in [-0.15, -0.1) is 0 Å². The van der Waals surface area contributed by atoms with E-state index in [1.807, 2.05) is 11.0 Å². The normalized spacial score (nSPS) is 16.0. The molecule has 0 saturated carbocycles. The van der Waals surface area contributed by atoms with Crippen LogP contribution in [0.3, 0.4) is 0 Å². The van der Waals surface area contributed by atoms with Crippen molar-refractivity contribution in [1.29, 1.82) is 5.26 Å². The number of rotatable bonds is 4. The Kier molecular flexibility index (Phi) is 5.44. The summed E-state index contributed by atoms with van der Waals surface area (Å²) in [4.78, 5) is 20.8. The van der Waals surface area contributed by atoms with E-state index >= 15 is 0 Å². The van der Waals surface area contributed by atoms with Crippen molar-refractivity contribution in [3.8, 4) is 6.07 Å². The van der Waals surface area contributed by atoms with Gasteiger partial charge in [-0.1, -0.05) is 12.1 Å². The van der Waals surface area contributed by atoms with Gasteiger partial charge in [0.25, 0.3) is 0 Å². The van der Waals surface area contributed by atoms with Crippen molar-refractivity contribution in [2.24, 2.45) is 0 Å². The van der Waals surface area contributed by atoms with Crippen LogP contribution in [0.4, 0.5) is 10.2 Å². The molecule has 6 nitrogen and oxygen atoms in total. The molecule has 134 valence electrons. The van der Waals surface area contributed by atoms with Gasteiger partial charge in [-0.2, -0.15) is 5.26 Å². The lowest BCUT2D eigenvalue weighted by atomic mass is 10.0. The van der Waals surface area contributed by atoms with Crippen molar-refractivity contribution >= 4 is 11.8 Å². The van der Waals surface area contributed by atoms with Crippen LogP contribution in [0.5, 0.6) is 0 Å². The summed E-state index contributed by atoms with van der Waals surface area (Å²) in [6, 6.07) is 11.0. The van der Waals surface area contributed by atoms with E-state index in [-0.39, 0.29) is 11.8 Å². The molecule has 1 saturated heterocycles. The Balaban J connectivity index is 1.72. The van der Waals surface area contributed by atoms with Crippen molar-refractivity contribution in [3.05, 3.63) is 59.5 Å². The summed E-state index contributed by atoms with van der Waals surface area (Å²) in [6.45, 7) is 2.65. The number of esters is 1. The fourth-order valence-corrected chi connectivity index (χ4v) is 3.10. The number of hydrogen-bond donors (Lipinski definition) is 0. The Bertz CT molecular complexity index is 794. The van der Waals surface area contributed by atoms with Crippen LogP contribution in [-0.4, -0.2) is 49.1 Å². The maximum absolute atomic E-state index is 13.2. The monoisotopic (exact) mass is 354 g/mol. The van der Waals surface area contributed by atoms with E-state index in [4.69, 9.17) is 10.00 Å². The smallest absolute Gasteiger partial charge is 0.327 e. The lowest BCUT2D eigenvalue weighted by Gasteiger charge is -2.38. The van der Waals surface area contributed by atoms with Crippen molar-refractivity contribution in [3.63, 3.8) is 0 Å². The Hall–Kier alpha value is -2.98. The SMILES string of the molecule is COC(=O)C(c1ccc(F)cc1)N1CCN(c2ccc(C#N)cn2)CC1. The number of nitriles is 1. The summed E-state index contributed by atoms with van der Waals surface area (Å²) < 4.78 is 18.2. The Morgan fingerprint density at radius 1 is 1.19 bits per heavy atom. The molecular weight excluding hydrogens is 335 g/mol. The minimum atomic E-state index is -0.559. The van der Waals surface area contributed by atoms with E-state index in [1.54, 1.807) is 24.4 Å². The third-order valence-electron chi connectivity index (χ3n) is 4.49. The molecule has 1 fully saturated rings. The molecule has 7 heteroatoms. The van der Waals surface area contributed by atoms with Gasteiger partial charge < -0.3 is 9.64 Å². The molecule has 2 aromatic rings. The zero-order valence-electron chi connectivity index (χ0n) is 14.4. The van der Waals surface area contributed by atoms with Gasteiger partial charge in [0.1, 0.15) is 23.7 Å². The van der Waals surface area contributed by atoms with Crippen LogP contribution in [0.1, 0.15) is 17.2 Å². The number of benzene rings is 1. The topological polar surface area (TPSA) is 69.5 Å². The third kappa shape index (κ3) is 3.81. The Labute approximate surface area is 151 Å². The van der Waals surface area contributed by atoms with Crippen LogP contribution in [0, 0.1) is 17.1 Å². The minimum Gasteiger partial charge on any atom is -0.468 e. The number of aromatic nitrogens is 1. The lowest BCUT2D eigenvalue weighted by Crippen LogP contribution is -2.49. The molecule has 1 atom stereocenters. The number of methoxy groups -OCH3 is 1. The average molecular weight is 354 g/mol. The fraction of sp³-hybridized carbons (Fsp3) is 0.316. The summed E-state index contributed by atoms with van der Waals surface area (Å²) in [6.07, 6.45) is 1.55. The molecule has 1 aromatic heterocycles. The number of ether oxygens (including phenoxy) is 1. The molecular formula is C19H19FN4O2. The predicted octanol–water partition coefficient (Wildman–Crippen LogP) is 2.13. The Morgan fingerprint density at radius 2 is 1.88 bits per heavy atom. The zero-order valence-corrected chi connectivity index (χ0v) is 14.4. The number of carbonyl (C=O) groups is 1. The molecule has 0 bridgehead atoms. The highest BCUT2D eigenvalue weighted by Crippen LogP contribution is 2.25. The highest BCUT2D eigenvalue weighted by molar-refractivity contribution is 5.77. The van der Waals surface area contributed by atoms with E-state index in [9.17, 15) is 9.18 Å². The molecule has 0 amide bonds. The highest BCUT2D eigenvalue weighted by Gasteiger charge is 2.31. The maximum Gasteiger partial charge on any atom is 0.327 e. The van der Waals surface area contributed by atoms with Crippen LogP contribution in [0.25, 0.3) is 0 Å². The molecule has 1 aromatic carbocycles. The first kappa shape index (κ1) is 17.8. The number of hydrogen-bond acceptors (Lipinski definition) is 6. The number of pyridine rings is 1. The first-order valence-corrected chi connectivity index (χ1v) is 8.31. The van der Waals surface area contributed by atoms with Gasteiger partial charge in [-0.3, -0.25) is 4.90 Å². The van der Waals surface area contributed by atoms with Crippen LogP contribution >= 0.6 is 0 Å². The number of nitrogens with zero attached hydrogens (tertiary/aromatic N) is 4. The first-order valence-electron chi connectivity index (χ1n) is 8.31. The second kappa shape index (κ2) is 7.93. The summed E-state index contributed by atoms with van der Waals surface area (Å²) >= 11 is 0. The molecule has 0 N–H and O–H groups in total. The van der Waals surface area contributed by atoms with Gasteiger partial charge in [0.15, 0.2) is 0 Å². The second-order valence-corrected chi connectivity index (χ2v) is 6.02. The third-order valence-corrected chi connectivity index (χ3v) is 4.49. The van der Waals surface area contributed by atoms with Crippen molar-refractivity contribution < 1.29 is 13.9 Å². The van der Waals surface area contributed by atoms with Gasteiger partial charge in [-0.05, 0) is 29.8 Å². The largest absolute Gasteiger partial charge is 0.468 e. The molecule has 0 aliphatic carbocycles. The number of piperazine rings is 1. The molecule has 1 aliphatic heterocycles. The van der Waals surface area contributed by atoms with E-state index < -0.39 is 6.04 Å². The van der Waals surface area contributed by atoms with Crippen molar-refractivity contribution in [1.82, 2.24) is 9.88 Å². The molecule has 3 rings (SSSR count). The zero-order chi connectivity index (χ0) is 18.5. The maximum atomic E-state index is 13.2. The summed E-state index contributed by atoms with van der Waals surface area (Å²) in [7, 11) is 1.36. The molecule has 1 unspecified atom stereocenters. The highest BCUT2D eigenvalue weighted by atomic mass is 19.1. The summed E-state index contributed by atoms with van der Waals surface area (Å²) in [5.41, 5.74) is 1.23. The van der Waals surface area contributed by atoms with Gasteiger partial charge in [0, 0.05) is 32.4 Å². The van der Waals surface area contributed by atoms with E-state index in [1.165, 1.54) is 19.2 Å². The molecule has 2 heterocycles. The fourth-order valence-electron chi connectivity index (χ4n) is 3.10. The second-order valence-electron chi connectivity index (χ2n) is 6.02. The van der Waals surface area contributed by atoms with Gasteiger partial charge in [-0.25, -0.2) is 14.2 Å². The van der Waals surface area contributed by atoms with Crippen LogP contribution < -0.4 is 4.90 Å². The summed E-state index contributed by atoms with van der Waals surface area (Å²) in [5.74, 6) is 0.107. The van der Waals surface area contributed by atoms with Crippen molar-refractivity contribution in [2.45, 2.75) is 6.04 Å². The number of carbonyl (C=O) groups excluding carboxylic acids is 1. The average Bonchev–Trinajstić information content (AvgIpc) is 2.70. The first-order chi connectivity index (χ1) is 12.6. The molecule has 0 spiro atoms. The van der Waals surface area contributed by atoms with Crippen LogP contribution in [-0.2, 0) is 9.53 Å². The number of halogens is 1. The van der Waals surface area contributed by atoms with Gasteiger partial charge in [0.05, 0.1) is 12.7 Å². The number of anilines is 1. The van der Waals surface area contributed by atoms with Crippen LogP contribution in [0.15, 0.2) is 42.6 Å². The predicted molar refractivity (Wildman–Crippen MR) is 93.9 cm³/mol. The van der Waals surface area contributed by atoms with Crippen LogP contribution in [0.2, 0.25) is 0 Å². The van der Waals surface area contributed by atoms with E-state index in [2.05, 4.69) is 16.0 Å². The Morgan fingerprint density at radius 3 is 2.42 bits per heavy atom. The standard InChI is InChI=1S/C19H19FN4O2/c1-26-19(25)18(15-3-5-16(20)6-4-15)24-10-8-23(9-11-24)17-7-2-14(12-21)13-22-17/h2-7,13,18H,8-11H2,1H3. The van der Waals surface area contributed by atoms with E-state index in [0.717, 1.165) is 5.82 Å². The minimum absolute atomic E-state index is 0.339. The van der Waals surface area contributed by atoms with E-state index in [0.29, 0.717) is 37.3 Å². The molecule has 1 aliphatic rings. The molecule has 26 heavy (non-hydrogen) atoms. The summed E-state index contributed by atoms with van der Waals surface area (Å²) in [5, 5.41) is 8.86. The van der Waals surface area contributed by atoms with Gasteiger partial charge >= 0.3 is 5.97 Å². The lowest BCUT2D eigenvalue weighted by molar-refractivity contribution is -0.147. The molecule has 0 radical (unpaired) electrons. The van der Waals surface area contributed by atoms with Gasteiger partial charge in [0.2, 0.25) is 0 Å². The quantitative estimate of drug-likeness (QED) is 0.784. The van der Waals surface area contributed by atoms with Crippen molar-refractivity contribution in [2.75, 3.05) is 38.2 Å².